The molecule has 0 aromatic rings. The maximum atomic E-state index is 12.6. The van der Waals surface area contributed by atoms with Gasteiger partial charge >= 0.3 is 12.2 Å². The molecule has 2 atom stereocenters. The number of hydrogen-bond acceptors (Lipinski definition) is 1. The Hall–Kier alpha value is -0.390. The fourth-order valence-corrected chi connectivity index (χ4v) is 1.99. The summed E-state index contributed by atoms with van der Waals surface area (Å²) in [5, 5.41) is 1.31. The molecule has 0 saturated heterocycles. The smallest absolute Gasteiger partial charge is 0.250 e. The van der Waals surface area contributed by atoms with E-state index in [9.17, 15) is 22.0 Å². The Morgan fingerprint density at radius 1 is 0.947 bits per heavy atom. The van der Waals surface area contributed by atoms with Crippen molar-refractivity contribution in [2.45, 2.75) is 65.1 Å². The molecule has 2 unspecified atom stereocenters. The van der Waals surface area contributed by atoms with E-state index in [1.54, 1.807) is 6.92 Å². The average Bonchev–Trinajstić information content (AvgIpc) is 2.30. The first-order valence-corrected chi connectivity index (χ1v) is 6.83. The van der Waals surface area contributed by atoms with Gasteiger partial charge in [0.05, 0.1) is 0 Å². The van der Waals surface area contributed by atoms with Crippen LogP contribution in [0.15, 0.2) is 0 Å². The lowest BCUT2D eigenvalue weighted by Crippen LogP contribution is -2.50. The molecule has 0 aliphatic heterocycles. The predicted molar refractivity (Wildman–Crippen MR) is 66.1 cm³/mol. The lowest BCUT2D eigenvalue weighted by atomic mass is 9.91. The van der Waals surface area contributed by atoms with Gasteiger partial charge in [0.25, 0.3) is 0 Å². The van der Waals surface area contributed by atoms with Gasteiger partial charge in [-0.2, -0.15) is 22.0 Å². The molecule has 116 valence electrons. The van der Waals surface area contributed by atoms with Crippen molar-refractivity contribution in [1.82, 2.24) is 5.32 Å². The van der Waals surface area contributed by atoms with Crippen LogP contribution in [0.4, 0.5) is 22.0 Å². The molecule has 0 bridgehead atoms. The standard InChI is InChI=1S/C13H24F5N/c1-4-6-11(5-2)8-7-10(3)9-19-13(17,18)12(14,15)16/h10-11,19H,4-9H2,1-3H3. The monoisotopic (exact) mass is 289 g/mol. The van der Waals surface area contributed by atoms with Crippen LogP contribution in [0.25, 0.3) is 0 Å². The zero-order chi connectivity index (χ0) is 15.1. The normalized spacial score (nSPS) is 16.4. The van der Waals surface area contributed by atoms with Gasteiger partial charge in [-0.15, -0.1) is 0 Å². The van der Waals surface area contributed by atoms with Crippen LogP contribution >= 0.6 is 0 Å². The largest absolute Gasteiger partial charge is 0.469 e. The van der Waals surface area contributed by atoms with E-state index in [0.717, 1.165) is 25.7 Å². The third-order valence-electron chi connectivity index (χ3n) is 3.37. The molecule has 0 rings (SSSR count). The van der Waals surface area contributed by atoms with Gasteiger partial charge in [0.15, 0.2) is 0 Å². The highest BCUT2D eigenvalue weighted by Crippen LogP contribution is 2.33. The second-order valence-electron chi connectivity index (χ2n) is 5.20. The molecule has 0 aliphatic rings. The van der Waals surface area contributed by atoms with Crippen molar-refractivity contribution in [3.05, 3.63) is 0 Å². The van der Waals surface area contributed by atoms with Gasteiger partial charge in [0.1, 0.15) is 0 Å². The van der Waals surface area contributed by atoms with E-state index in [0.29, 0.717) is 12.3 Å². The molecule has 0 saturated carbocycles. The molecular weight excluding hydrogens is 265 g/mol. The molecule has 6 heteroatoms. The summed E-state index contributed by atoms with van der Waals surface area (Å²) in [7, 11) is 0. The summed E-state index contributed by atoms with van der Waals surface area (Å²) in [5.41, 5.74) is 0. The average molecular weight is 289 g/mol. The Morgan fingerprint density at radius 3 is 1.95 bits per heavy atom. The molecule has 1 nitrogen and oxygen atoms in total. The molecular formula is C13H24F5N. The van der Waals surface area contributed by atoms with E-state index in [2.05, 4.69) is 13.8 Å². The zero-order valence-corrected chi connectivity index (χ0v) is 11.8. The molecule has 0 fully saturated rings. The minimum Gasteiger partial charge on any atom is -0.250 e. The van der Waals surface area contributed by atoms with Gasteiger partial charge < -0.3 is 0 Å². The first-order chi connectivity index (χ1) is 8.64. The first kappa shape index (κ1) is 18.6. The molecule has 0 heterocycles. The van der Waals surface area contributed by atoms with Gasteiger partial charge in [-0.3, -0.25) is 0 Å². The molecule has 0 spiro atoms. The van der Waals surface area contributed by atoms with Crippen LogP contribution in [0.3, 0.4) is 0 Å². The Morgan fingerprint density at radius 2 is 1.53 bits per heavy atom. The van der Waals surface area contributed by atoms with Crippen LogP contribution in [0.5, 0.6) is 0 Å². The summed E-state index contributed by atoms with van der Waals surface area (Å²) < 4.78 is 61.1. The van der Waals surface area contributed by atoms with E-state index in [1.165, 1.54) is 5.32 Å². The highest BCUT2D eigenvalue weighted by atomic mass is 19.4. The minimum atomic E-state index is -5.53. The summed E-state index contributed by atoms with van der Waals surface area (Å²) in [6, 6.07) is -4.80. The molecule has 0 radical (unpaired) electrons. The van der Waals surface area contributed by atoms with Crippen molar-refractivity contribution >= 4 is 0 Å². The van der Waals surface area contributed by atoms with Crippen molar-refractivity contribution in [3.63, 3.8) is 0 Å². The number of halogens is 5. The molecule has 1 N–H and O–H groups in total. The fraction of sp³-hybridized carbons (Fsp3) is 1.00. The number of nitrogens with one attached hydrogen (secondary N) is 1. The molecule has 0 aromatic heterocycles. The van der Waals surface area contributed by atoms with Crippen molar-refractivity contribution in [2.24, 2.45) is 11.8 Å². The van der Waals surface area contributed by atoms with E-state index in [4.69, 9.17) is 0 Å². The topological polar surface area (TPSA) is 12.0 Å². The maximum absolute atomic E-state index is 12.6. The van der Waals surface area contributed by atoms with Crippen molar-refractivity contribution in [2.75, 3.05) is 6.54 Å². The summed E-state index contributed by atoms with van der Waals surface area (Å²) in [4.78, 5) is 0. The second-order valence-corrected chi connectivity index (χ2v) is 5.20. The third kappa shape index (κ3) is 7.09. The van der Waals surface area contributed by atoms with E-state index in [-0.39, 0.29) is 12.5 Å². The molecule has 0 aromatic carbocycles. The summed E-state index contributed by atoms with van der Waals surface area (Å²) in [6.07, 6.45) is -0.815. The number of alkyl halides is 5. The summed E-state index contributed by atoms with van der Waals surface area (Å²) in [6.45, 7) is 5.52. The number of hydrogen-bond donors (Lipinski definition) is 1. The Kier molecular flexibility index (Phi) is 7.86. The van der Waals surface area contributed by atoms with Gasteiger partial charge in [0, 0.05) is 6.54 Å². The van der Waals surface area contributed by atoms with Crippen molar-refractivity contribution < 1.29 is 22.0 Å². The van der Waals surface area contributed by atoms with Crippen LogP contribution in [-0.2, 0) is 0 Å². The lowest BCUT2D eigenvalue weighted by molar-refractivity contribution is -0.295. The quantitative estimate of drug-likeness (QED) is 0.466. The van der Waals surface area contributed by atoms with Crippen molar-refractivity contribution in [1.29, 1.82) is 0 Å². The van der Waals surface area contributed by atoms with Gasteiger partial charge in [-0.05, 0) is 18.3 Å². The highest BCUT2D eigenvalue weighted by Gasteiger charge is 2.57. The van der Waals surface area contributed by atoms with Crippen LogP contribution in [0, 0.1) is 11.8 Å². The van der Waals surface area contributed by atoms with E-state index in [1.807, 2.05) is 0 Å². The fourth-order valence-electron chi connectivity index (χ4n) is 1.99. The molecule has 0 aliphatic carbocycles. The maximum Gasteiger partial charge on any atom is 0.469 e. The molecule has 0 amide bonds. The SMILES string of the molecule is CCCC(CC)CCC(C)CNC(F)(F)C(F)(F)F. The second kappa shape index (κ2) is 8.02. The molecule has 19 heavy (non-hydrogen) atoms. The first-order valence-electron chi connectivity index (χ1n) is 6.83. The third-order valence-corrected chi connectivity index (χ3v) is 3.37. The lowest BCUT2D eigenvalue weighted by Gasteiger charge is -2.23. The Labute approximate surface area is 111 Å². The van der Waals surface area contributed by atoms with E-state index < -0.39 is 12.2 Å². The Balaban J connectivity index is 4.02. The van der Waals surface area contributed by atoms with Gasteiger partial charge in [-0.1, -0.05) is 46.5 Å². The summed E-state index contributed by atoms with van der Waals surface area (Å²) in [5.74, 6) is 0.342. The highest BCUT2D eigenvalue weighted by molar-refractivity contribution is 4.74. The van der Waals surface area contributed by atoms with Crippen LogP contribution in [0.2, 0.25) is 0 Å². The predicted octanol–water partition coefficient (Wildman–Crippen LogP) is 4.97. The van der Waals surface area contributed by atoms with Crippen molar-refractivity contribution in [3.8, 4) is 0 Å². The number of rotatable bonds is 9. The van der Waals surface area contributed by atoms with Gasteiger partial charge in [-0.25, -0.2) is 5.32 Å². The minimum absolute atomic E-state index is 0.195. The van der Waals surface area contributed by atoms with Gasteiger partial charge in [0.2, 0.25) is 0 Å². The zero-order valence-electron chi connectivity index (χ0n) is 11.8. The van der Waals surface area contributed by atoms with Crippen LogP contribution in [0.1, 0.15) is 52.9 Å². The van der Waals surface area contributed by atoms with Crippen LogP contribution < -0.4 is 5.32 Å². The van der Waals surface area contributed by atoms with E-state index >= 15 is 0 Å². The van der Waals surface area contributed by atoms with Crippen LogP contribution in [-0.4, -0.2) is 18.8 Å². The Bertz CT molecular complexity index is 240. The summed E-state index contributed by atoms with van der Waals surface area (Å²) >= 11 is 0.